The standard InChI is InChI=1S/C17H22N2O3S/c1-11-17(15-10-19-7-5-12(15)6-8-19)14-9-13(22-23(2,20)21)3-4-16(14)18-11/h3-4,9,12,15,18H,5-8,10H2,1-2H3. The highest BCUT2D eigenvalue weighted by Crippen LogP contribution is 2.43. The maximum Gasteiger partial charge on any atom is 0.306 e. The summed E-state index contributed by atoms with van der Waals surface area (Å²) in [5, 5.41) is 1.10. The average molecular weight is 334 g/mol. The van der Waals surface area contributed by atoms with Crippen molar-refractivity contribution >= 4 is 21.0 Å². The van der Waals surface area contributed by atoms with Gasteiger partial charge in [-0.3, -0.25) is 0 Å². The van der Waals surface area contributed by atoms with Crippen LogP contribution in [-0.4, -0.2) is 44.2 Å². The number of rotatable bonds is 3. The van der Waals surface area contributed by atoms with E-state index in [2.05, 4.69) is 16.8 Å². The van der Waals surface area contributed by atoms with Crippen LogP contribution < -0.4 is 4.18 Å². The van der Waals surface area contributed by atoms with Gasteiger partial charge in [-0.15, -0.1) is 0 Å². The lowest BCUT2D eigenvalue weighted by molar-refractivity contribution is 0.0874. The first-order chi connectivity index (χ1) is 10.9. The van der Waals surface area contributed by atoms with Crippen LogP contribution in [0.1, 0.15) is 30.0 Å². The quantitative estimate of drug-likeness (QED) is 0.877. The highest BCUT2D eigenvalue weighted by atomic mass is 32.2. The van der Waals surface area contributed by atoms with Gasteiger partial charge in [0.2, 0.25) is 0 Å². The molecule has 0 spiro atoms. The number of piperidine rings is 3. The van der Waals surface area contributed by atoms with E-state index in [0.717, 1.165) is 29.6 Å². The van der Waals surface area contributed by atoms with Gasteiger partial charge in [-0.1, -0.05) is 0 Å². The van der Waals surface area contributed by atoms with Crippen LogP contribution in [0.2, 0.25) is 0 Å². The van der Waals surface area contributed by atoms with Gasteiger partial charge in [0.15, 0.2) is 0 Å². The van der Waals surface area contributed by atoms with Crippen molar-refractivity contribution in [2.75, 3.05) is 25.9 Å². The lowest BCUT2D eigenvalue weighted by Gasteiger charge is -2.45. The molecule has 1 aromatic heterocycles. The zero-order valence-corrected chi connectivity index (χ0v) is 14.3. The Morgan fingerprint density at radius 3 is 2.61 bits per heavy atom. The molecule has 5 nitrogen and oxygen atoms in total. The Hall–Kier alpha value is -1.53. The van der Waals surface area contributed by atoms with E-state index >= 15 is 0 Å². The van der Waals surface area contributed by atoms with E-state index < -0.39 is 10.1 Å². The number of aromatic amines is 1. The van der Waals surface area contributed by atoms with Gasteiger partial charge in [0, 0.05) is 29.1 Å². The summed E-state index contributed by atoms with van der Waals surface area (Å²) in [5.41, 5.74) is 3.58. The van der Waals surface area contributed by atoms with Gasteiger partial charge < -0.3 is 14.1 Å². The van der Waals surface area contributed by atoms with Gasteiger partial charge in [-0.2, -0.15) is 8.42 Å². The molecule has 3 saturated heterocycles. The predicted octanol–water partition coefficient (Wildman–Crippen LogP) is 2.62. The second kappa shape index (κ2) is 5.24. The third kappa shape index (κ3) is 2.74. The Bertz CT molecular complexity index is 848. The fraction of sp³-hybridized carbons (Fsp3) is 0.529. The number of nitrogens with one attached hydrogen (secondary N) is 1. The summed E-state index contributed by atoms with van der Waals surface area (Å²) in [7, 11) is -3.50. The number of hydrogen-bond donors (Lipinski definition) is 1. The van der Waals surface area contributed by atoms with E-state index in [1.54, 1.807) is 6.07 Å². The molecular formula is C17H22N2O3S. The number of aromatic nitrogens is 1. The fourth-order valence-electron chi connectivity index (χ4n) is 4.32. The summed E-state index contributed by atoms with van der Waals surface area (Å²) in [6.45, 7) is 5.65. The highest BCUT2D eigenvalue weighted by Gasteiger charge is 2.36. The summed E-state index contributed by atoms with van der Waals surface area (Å²) in [5.74, 6) is 1.65. The minimum atomic E-state index is -3.50. The highest BCUT2D eigenvalue weighted by molar-refractivity contribution is 7.86. The summed E-state index contributed by atoms with van der Waals surface area (Å²) in [6, 6.07) is 5.49. The van der Waals surface area contributed by atoms with Crippen molar-refractivity contribution in [2.45, 2.75) is 25.7 Å². The van der Waals surface area contributed by atoms with Crippen LogP contribution in [0.25, 0.3) is 10.9 Å². The van der Waals surface area contributed by atoms with E-state index in [-0.39, 0.29) is 0 Å². The molecule has 3 fully saturated rings. The molecule has 3 aliphatic heterocycles. The normalized spacial score (nSPS) is 27.5. The molecule has 1 unspecified atom stereocenters. The maximum atomic E-state index is 11.4. The average Bonchev–Trinajstić information content (AvgIpc) is 2.82. The van der Waals surface area contributed by atoms with Crippen molar-refractivity contribution in [3.63, 3.8) is 0 Å². The lowest BCUT2D eigenvalue weighted by Crippen LogP contribution is -2.46. The van der Waals surface area contributed by atoms with Crippen molar-refractivity contribution in [3.05, 3.63) is 29.5 Å². The number of hydrogen-bond acceptors (Lipinski definition) is 4. The molecule has 3 aliphatic rings. The van der Waals surface area contributed by atoms with Crippen molar-refractivity contribution in [3.8, 4) is 5.75 Å². The first-order valence-electron chi connectivity index (χ1n) is 8.15. The summed E-state index contributed by atoms with van der Waals surface area (Å²) in [4.78, 5) is 5.99. The molecule has 2 bridgehead atoms. The predicted molar refractivity (Wildman–Crippen MR) is 90.4 cm³/mol. The largest absolute Gasteiger partial charge is 0.383 e. The second-order valence-corrected chi connectivity index (χ2v) is 8.48. The van der Waals surface area contributed by atoms with Crippen LogP contribution in [0.4, 0.5) is 0 Å². The van der Waals surface area contributed by atoms with E-state index in [4.69, 9.17) is 4.18 Å². The zero-order valence-electron chi connectivity index (χ0n) is 13.5. The Morgan fingerprint density at radius 1 is 1.26 bits per heavy atom. The lowest BCUT2D eigenvalue weighted by atomic mass is 9.75. The Labute approximate surface area is 136 Å². The first-order valence-corrected chi connectivity index (χ1v) is 9.96. The van der Waals surface area contributed by atoms with Gasteiger partial charge in [0.25, 0.3) is 0 Å². The zero-order chi connectivity index (χ0) is 16.2. The molecule has 23 heavy (non-hydrogen) atoms. The van der Waals surface area contributed by atoms with E-state index in [1.807, 2.05) is 12.1 Å². The third-order valence-corrected chi connectivity index (χ3v) is 5.78. The second-order valence-electron chi connectivity index (χ2n) is 6.90. The molecule has 1 aromatic carbocycles. The monoisotopic (exact) mass is 334 g/mol. The first kappa shape index (κ1) is 15.0. The van der Waals surface area contributed by atoms with E-state index in [0.29, 0.717) is 11.7 Å². The minimum absolute atomic E-state index is 0.390. The molecule has 2 aromatic rings. The Morgan fingerprint density at radius 2 is 2.00 bits per heavy atom. The van der Waals surface area contributed by atoms with Crippen LogP contribution >= 0.6 is 0 Å². The molecule has 6 heteroatoms. The van der Waals surface area contributed by atoms with Crippen LogP contribution in [0.3, 0.4) is 0 Å². The third-order valence-electron chi connectivity index (χ3n) is 5.28. The number of H-pyrrole nitrogens is 1. The molecule has 0 amide bonds. The van der Waals surface area contributed by atoms with Gasteiger partial charge >= 0.3 is 10.1 Å². The number of nitrogens with zero attached hydrogens (tertiary/aromatic N) is 1. The van der Waals surface area contributed by atoms with Crippen LogP contribution in [0, 0.1) is 12.8 Å². The number of aryl methyl sites for hydroxylation is 1. The van der Waals surface area contributed by atoms with Crippen LogP contribution in [0.5, 0.6) is 5.75 Å². The van der Waals surface area contributed by atoms with E-state index in [9.17, 15) is 8.42 Å². The molecule has 0 radical (unpaired) electrons. The SMILES string of the molecule is Cc1[nH]c2ccc(OS(C)(=O)=O)cc2c1C1CN2CCC1CC2. The van der Waals surface area contributed by atoms with E-state index in [1.165, 1.54) is 37.2 Å². The van der Waals surface area contributed by atoms with Crippen molar-refractivity contribution in [1.82, 2.24) is 9.88 Å². The molecule has 5 rings (SSSR count). The fourth-order valence-corrected chi connectivity index (χ4v) is 4.78. The molecule has 124 valence electrons. The smallest absolute Gasteiger partial charge is 0.306 e. The summed E-state index contributed by atoms with van der Waals surface area (Å²) < 4.78 is 27.9. The van der Waals surface area contributed by atoms with Crippen molar-refractivity contribution in [2.24, 2.45) is 5.92 Å². The maximum absolute atomic E-state index is 11.4. The molecule has 0 aliphatic carbocycles. The van der Waals surface area contributed by atoms with Crippen LogP contribution in [-0.2, 0) is 10.1 Å². The molecule has 1 N–H and O–H groups in total. The van der Waals surface area contributed by atoms with Gasteiger partial charge in [0.05, 0.1) is 6.26 Å². The Kier molecular flexibility index (Phi) is 3.43. The number of fused-ring (bicyclic) bond motifs is 4. The summed E-state index contributed by atoms with van der Waals surface area (Å²) >= 11 is 0. The molecule has 1 atom stereocenters. The van der Waals surface area contributed by atoms with Crippen LogP contribution in [0.15, 0.2) is 18.2 Å². The molecular weight excluding hydrogens is 312 g/mol. The molecule has 4 heterocycles. The van der Waals surface area contributed by atoms with Gasteiger partial charge in [-0.05, 0) is 62.5 Å². The number of benzene rings is 1. The van der Waals surface area contributed by atoms with Gasteiger partial charge in [-0.25, -0.2) is 0 Å². The van der Waals surface area contributed by atoms with Crippen molar-refractivity contribution < 1.29 is 12.6 Å². The topological polar surface area (TPSA) is 62.4 Å². The van der Waals surface area contributed by atoms with Gasteiger partial charge in [0.1, 0.15) is 5.75 Å². The Balaban J connectivity index is 1.79. The minimum Gasteiger partial charge on any atom is -0.383 e. The summed E-state index contributed by atoms with van der Waals surface area (Å²) in [6.07, 6.45) is 3.60. The molecule has 0 saturated carbocycles. The van der Waals surface area contributed by atoms with Crippen molar-refractivity contribution in [1.29, 1.82) is 0 Å².